The Labute approximate surface area is 119 Å². The highest BCUT2D eigenvalue weighted by Gasteiger charge is 2.29. The van der Waals surface area contributed by atoms with Gasteiger partial charge in [-0.25, -0.2) is 8.42 Å². The topological polar surface area (TPSA) is 75.6 Å². The van der Waals surface area contributed by atoms with Gasteiger partial charge in [-0.2, -0.15) is 0 Å². The maximum atomic E-state index is 11.4. The minimum atomic E-state index is -3.19. The van der Waals surface area contributed by atoms with Crippen molar-refractivity contribution < 1.29 is 18.3 Å². The Morgan fingerprint density at radius 2 is 2.05 bits per heavy atom. The van der Waals surface area contributed by atoms with E-state index in [2.05, 4.69) is 12.2 Å². The second-order valence-electron chi connectivity index (χ2n) is 5.60. The molecular formula is C14H21NO4S. The molecule has 0 amide bonds. The van der Waals surface area contributed by atoms with Gasteiger partial charge in [-0.05, 0) is 31.0 Å². The maximum Gasteiger partial charge on any atom is 0.175 e. The van der Waals surface area contributed by atoms with Crippen molar-refractivity contribution in [3.63, 3.8) is 0 Å². The fraction of sp³-hybridized carbons (Fsp3) is 0.571. The van der Waals surface area contributed by atoms with Crippen LogP contribution in [0.1, 0.15) is 25.0 Å². The Morgan fingerprint density at radius 3 is 2.55 bits per heavy atom. The monoisotopic (exact) mass is 299 g/mol. The summed E-state index contributed by atoms with van der Waals surface area (Å²) in [5.74, 6) is 0. The molecule has 1 aromatic rings. The van der Waals surface area contributed by atoms with E-state index in [1.807, 2.05) is 0 Å². The Balaban J connectivity index is 1.97. The molecule has 2 atom stereocenters. The van der Waals surface area contributed by atoms with E-state index >= 15 is 0 Å². The van der Waals surface area contributed by atoms with Crippen LogP contribution in [0.25, 0.3) is 0 Å². The molecule has 6 heteroatoms. The first-order valence-electron chi connectivity index (χ1n) is 6.61. The van der Waals surface area contributed by atoms with E-state index in [9.17, 15) is 13.5 Å². The number of hydrogen-bond acceptors (Lipinski definition) is 5. The van der Waals surface area contributed by atoms with E-state index < -0.39 is 15.9 Å². The quantitative estimate of drug-likeness (QED) is 0.844. The molecule has 0 aliphatic carbocycles. The lowest BCUT2D eigenvalue weighted by molar-refractivity contribution is 0.141. The zero-order chi connectivity index (χ0) is 14.8. The third-order valence-corrected chi connectivity index (χ3v) is 4.76. The standard InChI is InChI=1S/C14H21NO4S/c1-14(7-8-19-10-14)15-9-13(16)11-3-5-12(6-4-11)20(2,17)18/h3-6,13,15-16H,7-10H2,1-2H3. The van der Waals surface area contributed by atoms with Crippen LogP contribution in [0.2, 0.25) is 0 Å². The summed E-state index contributed by atoms with van der Waals surface area (Å²) in [4.78, 5) is 0.262. The van der Waals surface area contributed by atoms with Gasteiger partial charge in [-0.1, -0.05) is 12.1 Å². The first-order valence-corrected chi connectivity index (χ1v) is 8.50. The number of rotatable bonds is 5. The largest absolute Gasteiger partial charge is 0.387 e. The van der Waals surface area contributed by atoms with Crippen molar-refractivity contribution in [1.29, 1.82) is 0 Å². The molecule has 2 unspecified atom stereocenters. The third kappa shape index (κ3) is 3.79. The summed E-state index contributed by atoms with van der Waals surface area (Å²) in [6, 6.07) is 6.34. The molecule has 20 heavy (non-hydrogen) atoms. The lowest BCUT2D eigenvalue weighted by Crippen LogP contribution is -2.44. The minimum absolute atomic E-state index is 0.0896. The van der Waals surface area contributed by atoms with Gasteiger partial charge in [-0.15, -0.1) is 0 Å². The highest BCUT2D eigenvalue weighted by atomic mass is 32.2. The van der Waals surface area contributed by atoms with Crippen molar-refractivity contribution in [3.05, 3.63) is 29.8 Å². The van der Waals surface area contributed by atoms with Crippen LogP contribution in [0, 0.1) is 0 Å². The zero-order valence-corrected chi connectivity index (χ0v) is 12.6. The van der Waals surface area contributed by atoms with Crippen LogP contribution in [-0.4, -0.2) is 45.1 Å². The molecular weight excluding hydrogens is 278 g/mol. The van der Waals surface area contributed by atoms with Crippen LogP contribution in [0.4, 0.5) is 0 Å². The first kappa shape index (κ1) is 15.4. The molecule has 1 aliphatic rings. The zero-order valence-electron chi connectivity index (χ0n) is 11.8. The first-order chi connectivity index (χ1) is 9.30. The van der Waals surface area contributed by atoms with Crippen molar-refractivity contribution in [2.24, 2.45) is 0 Å². The van der Waals surface area contributed by atoms with Crippen LogP contribution in [0.5, 0.6) is 0 Å². The van der Waals surface area contributed by atoms with Gasteiger partial charge in [0.05, 0.1) is 17.6 Å². The molecule has 2 N–H and O–H groups in total. The Hall–Kier alpha value is -0.950. The summed E-state index contributed by atoms with van der Waals surface area (Å²) >= 11 is 0. The van der Waals surface area contributed by atoms with Gasteiger partial charge in [0.15, 0.2) is 9.84 Å². The van der Waals surface area contributed by atoms with Gasteiger partial charge >= 0.3 is 0 Å². The number of sulfone groups is 1. The summed E-state index contributed by atoms with van der Waals surface area (Å²) in [5, 5.41) is 13.4. The highest BCUT2D eigenvalue weighted by molar-refractivity contribution is 7.90. The van der Waals surface area contributed by atoms with Crippen LogP contribution >= 0.6 is 0 Å². The number of aliphatic hydroxyl groups excluding tert-OH is 1. The van der Waals surface area contributed by atoms with E-state index in [1.165, 1.54) is 18.4 Å². The molecule has 1 aromatic carbocycles. The van der Waals surface area contributed by atoms with Gasteiger partial charge in [0, 0.05) is 24.9 Å². The fourth-order valence-electron chi connectivity index (χ4n) is 2.20. The van der Waals surface area contributed by atoms with Gasteiger partial charge in [0.25, 0.3) is 0 Å². The smallest absolute Gasteiger partial charge is 0.175 e. The summed E-state index contributed by atoms with van der Waals surface area (Å²) in [6.07, 6.45) is 1.43. The maximum absolute atomic E-state index is 11.4. The number of hydrogen-bond donors (Lipinski definition) is 2. The third-order valence-electron chi connectivity index (χ3n) is 3.63. The van der Waals surface area contributed by atoms with Crippen LogP contribution in [-0.2, 0) is 14.6 Å². The predicted molar refractivity (Wildman–Crippen MR) is 76.4 cm³/mol. The molecule has 1 saturated heterocycles. The number of nitrogens with one attached hydrogen (secondary N) is 1. The number of aliphatic hydroxyl groups is 1. The SMILES string of the molecule is CC1(NCC(O)c2ccc(S(C)(=O)=O)cc2)CCOC1. The average Bonchev–Trinajstić information content (AvgIpc) is 2.83. The van der Waals surface area contributed by atoms with Gasteiger partial charge < -0.3 is 15.2 Å². The molecule has 112 valence electrons. The molecule has 1 aliphatic heterocycles. The summed E-state index contributed by atoms with van der Waals surface area (Å²) in [7, 11) is -3.19. The number of β-amino-alcohol motifs (C(OH)–C–C–N with tert-alkyl or cyclic N) is 1. The molecule has 5 nitrogen and oxygen atoms in total. The molecule has 1 heterocycles. The van der Waals surface area contributed by atoms with Gasteiger partial charge in [0.1, 0.15) is 0 Å². The second-order valence-corrected chi connectivity index (χ2v) is 7.62. The van der Waals surface area contributed by atoms with E-state index in [4.69, 9.17) is 4.74 Å². The van der Waals surface area contributed by atoms with E-state index in [-0.39, 0.29) is 10.4 Å². The van der Waals surface area contributed by atoms with E-state index in [1.54, 1.807) is 12.1 Å². The van der Waals surface area contributed by atoms with Crippen LogP contribution in [0.15, 0.2) is 29.2 Å². The lowest BCUT2D eigenvalue weighted by atomic mass is 10.0. The van der Waals surface area contributed by atoms with Crippen molar-refractivity contribution in [3.8, 4) is 0 Å². The molecule has 0 bridgehead atoms. The summed E-state index contributed by atoms with van der Waals surface area (Å²) in [5.41, 5.74) is 0.612. The molecule has 2 rings (SSSR count). The van der Waals surface area contributed by atoms with Gasteiger partial charge in [-0.3, -0.25) is 0 Å². The molecule has 0 aromatic heterocycles. The predicted octanol–water partition coefficient (Wildman–Crippen LogP) is 0.892. The van der Waals surface area contributed by atoms with Crippen molar-refractivity contribution in [2.45, 2.75) is 29.9 Å². The van der Waals surface area contributed by atoms with Gasteiger partial charge in [0.2, 0.25) is 0 Å². The lowest BCUT2D eigenvalue weighted by Gasteiger charge is -2.25. The summed E-state index contributed by atoms with van der Waals surface area (Å²) in [6.45, 7) is 3.87. The minimum Gasteiger partial charge on any atom is -0.387 e. The Bertz CT molecular complexity index is 547. The highest BCUT2D eigenvalue weighted by Crippen LogP contribution is 2.20. The number of benzene rings is 1. The molecule has 0 radical (unpaired) electrons. The van der Waals surface area contributed by atoms with Crippen LogP contribution in [0.3, 0.4) is 0 Å². The van der Waals surface area contributed by atoms with Crippen molar-refractivity contribution in [2.75, 3.05) is 26.0 Å². The van der Waals surface area contributed by atoms with E-state index in [0.29, 0.717) is 18.7 Å². The second kappa shape index (κ2) is 5.81. The Morgan fingerprint density at radius 1 is 1.40 bits per heavy atom. The van der Waals surface area contributed by atoms with Crippen LogP contribution < -0.4 is 5.32 Å². The average molecular weight is 299 g/mol. The Kier molecular flexibility index (Phi) is 4.49. The normalized spacial score (nSPS) is 24.8. The summed E-state index contributed by atoms with van der Waals surface area (Å²) < 4.78 is 28.1. The van der Waals surface area contributed by atoms with E-state index in [0.717, 1.165) is 13.0 Å². The van der Waals surface area contributed by atoms with Crippen molar-refractivity contribution in [1.82, 2.24) is 5.32 Å². The van der Waals surface area contributed by atoms with Crippen molar-refractivity contribution >= 4 is 9.84 Å². The number of ether oxygens (including phenoxy) is 1. The molecule has 0 saturated carbocycles. The molecule has 1 fully saturated rings. The molecule has 0 spiro atoms. The fourth-order valence-corrected chi connectivity index (χ4v) is 2.84.